The molecule has 0 aliphatic rings. The van der Waals surface area contributed by atoms with Crippen LogP contribution in [0.15, 0.2) is 77.8 Å². The molecule has 0 saturated heterocycles. The van der Waals surface area contributed by atoms with Gasteiger partial charge in [-0.3, -0.25) is 4.57 Å². The lowest BCUT2D eigenvalue weighted by Gasteiger charge is -2.13. The van der Waals surface area contributed by atoms with Crippen LogP contribution in [0, 0.1) is 0 Å². The van der Waals surface area contributed by atoms with Gasteiger partial charge in [0, 0.05) is 11.8 Å². The Labute approximate surface area is 209 Å². The van der Waals surface area contributed by atoms with Gasteiger partial charge >= 0.3 is 0 Å². The van der Waals surface area contributed by atoms with E-state index >= 15 is 0 Å². The van der Waals surface area contributed by atoms with Crippen molar-refractivity contribution in [3.8, 4) is 28.2 Å². The molecular weight excluding hydrogens is 491 g/mol. The minimum Gasteiger partial charge on any atom is -0.384 e. The van der Waals surface area contributed by atoms with Crippen molar-refractivity contribution in [1.82, 2.24) is 9.55 Å². The molecule has 34 heavy (non-hydrogen) atoms. The maximum atomic E-state index is 12.3. The van der Waals surface area contributed by atoms with Crippen LogP contribution in [0.4, 0.5) is 0 Å². The SMILES string of the molecule is CCS(=O)(=O)c1cccc(-c2ccc(-c3nc(C(C)(C)O)cn3-c3c(Cl)cccc3Cl)cc2)c1. The Hall–Kier alpha value is -2.64. The van der Waals surface area contributed by atoms with Crippen LogP contribution in [-0.2, 0) is 15.4 Å². The summed E-state index contributed by atoms with van der Waals surface area (Å²) in [4.78, 5) is 4.99. The number of aliphatic hydroxyl groups is 1. The molecule has 0 spiro atoms. The molecule has 3 aromatic carbocycles. The Morgan fingerprint density at radius 3 is 2.09 bits per heavy atom. The molecule has 0 aliphatic carbocycles. The molecular formula is C26H24Cl2N2O3S. The van der Waals surface area contributed by atoms with Crippen LogP contribution < -0.4 is 0 Å². The first kappa shape index (κ1) is 24.5. The van der Waals surface area contributed by atoms with E-state index in [0.717, 1.165) is 16.7 Å². The quantitative estimate of drug-likeness (QED) is 0.317. The molecule has 1 heterocycles. The van der Waals surface area contributed by atoms with Crippen LogP contribution >= 0.6 is 23.2 Å². The number of imidazole rings is 1. The number of halogens is 2. The van der Waals surface area contributed by atoms with Crippen molar-refractivity contribution in [2.45, 2.75) is 31.3 Å². The summed E-state index contributed by atoms with van der Waals surface area (Å²) < 4.78 is 26.3. The molecule has 0 amide bonds. The largest absolute Gasteiger partial charge is 0.384 e. The van der Waals surface area contributed by atoms with Crippen molar-refractivity contribution in [2.75, 3.05) is 5.75 Å². The van der Waals surface area contributed by atoms with Gasteiger partial charge in [-0.2, -0.15) is 0 Å². The van der Waals surface area contributed by atoms with Crippen molar-refractivity contribution in [2.24, 2.45) is 0 Å². The predicted molar refractivity (Wildman–Crippen MR) is 137 cm³/mol. The van der Waals surface area contributed by atoms with Gasteiger partial charge in [0.1, 0.15) is 11.4 Å². The molecule has 176 valence electrons. The molecule has 4 aromatic rings. The molecule has 1 aromatic heterocycles. The van der Waals surface area contributed by atoms with Crippen LogP contribution in [0.25, 0.3) is 28.2 Å². The summed E-state index contributed by atoms with van der Waals surface area (Å²) in [6, 6.07) is 19.8. The normalized spacial score (nSPS) is 12.2. The first-order valence-corrected chi connectivity index (χ1v) is 13.1. The first-order valence-electron chi connectivity index (χ1n) is 10.7. The molecule has 4 rings (SSSR count). The summed E-state index contributed by atoms with van der Waals surface area (Å²) in [7, 11) is -3.30. The Bertz CT molecular complexity index is 1430. The number of sulfone groups is 1. The second-order valence-corrected chi connectivity index (χ2v) is 11.6. The number of hydrogen-bond acceptors (Lipinski definition) is 4. The molecule has 0 unspecified atom stereocenters. The third-order valence-electron chi connectivity index (χ3n) is 5.56. The van der Waals surface area contributed by atoms with Crippen molar-refractivity contribution in [3.63, 3.8) is 0 Å². The highest BCUT2D eigenvalue weighted by Crippen LogP contribution is 2.35. The Balaban J connectivity index is 1.81. The highest BCUT2D eigenvalue weighted by molar-refractivity contribution is 7.91. The summed E-state index contributed by atoms with van der Waals surface area (Å²) in [5.74, 6) is 0.618. The number of para-hydroxylation sites is 1. The van der Waals surface area contributed by atoms with Gasteiger partial charge in [0.05, 0.1) is 32.1 Å². The van der Waals surface area contributed by atoms with E-state index in [-0.39, 0.29) is 5.75 Å². The average Bonchev–Trinajstić information content (AvgIpc) is 3.25. The van der Waals surface area contributed by atoms with Gasteiger partial charge in [0.25, 0.3) is 0 Å². The summed E-state index contributed by atoms with van der Waals surface area (Å²) >= 11 is 12.9. The van der Waals surface area contributed by atoms with Crippen LogP contribution in [0.1, 0.15) is 26.5 Å². The summed E-state index contributed by atoms with van der Waals surface area (Å²) in [6.07, 6.45) is 1.73. The van der Waals surface area contributed by atoms with Crippen LogP contribution in [0.5, 0.6) is 0 Å². The van der Waals surface area contributed by atoms with Gasteiger partial charge in [-0.1, -0.05) is 72.6 Å². The minimum atomic E-state index is -3.30. The molecule has 8 heteroatoms. The van der Waals surface area contributed by atoms with E-state index in [1.54, 1.807) is 67.9 Å². The van der Waals surface area contributed by atoms with Crippen molar-refractivity contribution >= 4 is 33.0 Å². The van der Waals surface area contributed by atoms with Gasteiger partial charge in [-0.05, 0) is 49.2 Å². The number of nitrogens with zero attached hydrogens (tertiary/aromatic N) is 2. The van der Waals surface area contributed by atoms with Crippen LogP contribution in [0.3, 0.4) is 0 Å². The number of benzene rings is 3. The maximum Gasteiger partial charge on any atom is 0.178 e. The Morgan fingerprint density at radius 2 is 1.50 bits per heavy atom. The summed E-state index contributed by atoms with van der Waals surface area (Å²) in [6.45, 7) is 4.96. The van der Waals surface area contributed by atoms with E-state index in [2.05, 4.69) is 4.98 Å². The fraction of sp³-hybridized carbons (Fsp3) is 0.192. The number of rotatable bonds is 6. The lowest BCUT2D eigenvalue weighted by molar-refractivity contribution is 0.0743. The van der Waals surface area contributed by atoms with E-state index < -0.39 is 15.4 Å². The molecule has 0 radical (unpaired) electrons. The number of aromatic nitrogens is 2. The Kier molecular flexibility index (Phi) is 6.62. The third kappa shape index (κ3) is 4.77. The zero-order valence-corrected chi connectivity index (χ0v) is 21.3. The van der Waals surface area contributed by atoms with Crippen LogP contribution in [-0.4, -0.2) is 28.8 Å². The fourth-order valence-corrected chi connectivity index (χ4v) is 5.12. The van der Waals surface area contributed by atoms with Gasteiger partial charge in [0.2, 0.25) is 0 Å². The van der Waals surface area contributed by atoms with Gasteiger partial charge in [-0.25, -0.2) is 13.4 Å². The topological polar surface area (TPSA) is 72.2 Å². The second kappa shape index (κ2) is 9.19. The van der Waals surface area contributed by atoms with Gasteiger partial charge in [0.15, 0.2) is 9.84 Å². The number of hydrogen-bond donors (Lipinski definition) is 1. The minimum absolute atomic E-state index is 0.0478. The monoisotopic (exact) mass is 514 g/mol. The van der Waals surface area contributed by atoms with E-state index in [1.807, 2.05) is 30.3 Å². The molecule has 0 aliphatic heterocycles. The van der Waals surface area contributed by atoms with Gasteiger partial charge < -0.3 is 5.11 Å². The lowest BCUT2D eigenvalue weighted by atomic mass is 10.0. The third-order valence-corrected chi connectivity index (χ3v) is 7.90. The smallest absolute Gasteiger partial charge is 0.178 e. The molecule has 1 N–H and O–H groups in total. The second-order valence-electron chi connectivity index (χ2n) is 8.46. The summed E-state index contributed by atoms with van der Waals surface area (Å²) in [5, 5.41) is 11.5. The molecule has 0 bridgehead atoms. The van der Waals surface area contributed by atoms with Crippen molar-refractivity contribution in [3.05, 3.63) is 88.7 Å². The summed E-state index contributed by atoms with van der Waals surface area (Å²) in [5.41, 5.74) is 2.33. The zero-order chi connectivity index (χ0) is 24.7. The molecule has 0 atom stereocenters. The first-order chi connectivity index (χ1) is 16.0. The van der Waals surface area contributed by atoms with E-state index in [4.69, 9.17) is 23.2 Å². The zero-order valence-electron chi connectivity index (χ0n) is 19.0. The lowest BCUT2D eigenvalue weighted by Crippen LogP contribution is -2.15. The average molecular weight is 515 g/mol. The van der Waals surface area contributed by atoms with Crippen LogP contribution in [0.2, 0.25) is 10.0 Å². The highest BCUT2D eigenvalue weighted by Gasteiger charge is 2.24. The fourth-order valence-electron chi connectivity index (χ4n) is 3.62. The van der Waals surface area contributed by atoms with Crippen molar-refractivity contribution in [1.29, 1.82) is 0 Å². The van der Waals surface area contributed by atoms with E-state index in [9.17, 15) is 13.5 Å². The van der Waals surface area contributed by atoms with Gasteiger partial charge in [-0.15, -0.1) is 0 Å². The maximum absolute atomic E-state index is 12.3. The van der Waals surface area contributed by atoms with E-state index in [1.165, 1.54) is 0 Å². The molecule has 5 nitrogen and oxygen atoms in total. The predicted octanol–water partition coefficient (Wildman–Crippen LogP) is 6.53. The molecule has 0 fully saturated rings. The van der Waals surface area contributed by atoms with Crippen molar-refractivity contribution < 1.29 is 13.5 Å². The molecule has 0 saturated carbocycles. The van der Waals surface area contributed by atoms with E-state index in [0.29, 0.717) is 32.1 Å². The standard InChI is InChI=1S/C26H24Cl2N2O3S/c1-4-34(32,33)20-8-5-7-19(15-20)17-11-13-18(14-12-17)25-29-23(26(2,3)31)16-30(25)24-21(27)9-6-10-22(24)28/h5-16,31H,4H2,1-3H3. The highest BCUT2D eigenvalue weighted by atomic mass is 35.5. The Morgan fingerprint density at radius 1 is 0.912 bits per heavy atom.